The van der Waals surface area contributed by atoms with Gasteiger partial charge in [0.25, 0.3) is 0 Å². The quantitative estimate of drug-likeness (QED) is 0.594. The standard InChI is InChI=1S/C10H17N/c1-2-11-9-5-8-10-6-3-4-7-10/h3-4,6,11H,2,5,7-9H2,1H3. The zero-order chi connectivity index (χ0) is 7.94. The van der Waals surface area contributed by atoms with Gasteiger partial charge in [0, 0.05) is 0 Å². The van der Waals surface area contributed by atoms with E-state index < -0.39 is 0 Å². The highest BCUT2D eigenvalue weighted by Crippen LogP contribution is 2.15. The van der Waals surface area contributed by atoms with Crippen LogP contribution in [0.4, 0.5) is 0 Å². The fourth-order valence-electron chi connectivity index (χ4n) is 1.29. The third-order valence-electron chi connectivity index (χ3n) is 1.95. The van der Waals surface area contributed by atoms with Crippen LogP contribution in [0.15, 0.2) is 23.8 Å². The molecule has 0 amide bonds. The van der Waals surface area contributed by atoms with E-state index >= 15 is 0 Å². The molecule has 0 radical (unpaired) electrons. The molecule has 0 heterocycles. The minimum absolute atomic E-state index is 1.09. The van der Waals surface area contributed by atoms with Crippen molar-refractivity contribution in [3.63, 3.8) is 0 Å². The third-order valence-corrected chi connectivity index (χ3v) is 1.95. The highest BCUT2D eigenvalue weighted by atomic mass is 14.8. The molecule has 1 aliphatic carbocycles. The van der Waals surface area contributed by atoms with E-state index in [-0.39, 0.29) is 0 Å². The molecule has 0 aromatic heterocycles. The molecule has 0 aromatic carbocycles. The fourth-order valence-corrected chi connectivity index (χ4v) is 1.29. The van der Waals surface area contributed by atoms with Gasteiger partial charge in [-0.05, 0) is 32.4 Å². The van der Waals surface area contributed by atoms with Crippen LogP contribution in [0.2, 0.25) is 0 Å². The number of hydrogen-bond acceptors (Lipinski definition) is 1. The van der Waals surface area contributed by atoms with E-state index in [2.05, 4.69) is 30.5 Å². The van der Waals surface area contributed by atoms with Gasteiger partial charge >= 0.3 is 0 Å². The van der Waals surface area contributed by atoms with Gasteiger partial charge in [0.1, 0.15) is 0 Å². The van der Waals surface area contributed by atoms with Crippen molar-refractivity contribution >= 4 is 0 Å². The molecule has 0 saturated carbocycles. The Balaban J connectivity index is 1.95. The average molecular weight is 151 g/mol. The largest absolute Gasteiger partial charge is 0.317 e. The second-order valence-corrected chi connectivity index (χ2v) is 2.91. The topological polar surface area (TPSA) is 12.0 Å². The molecule has 1 heteroatoms. The maximum absolute atomic E-state index is 3.32. The van der Waals surface area contributed by atoms with Crippen LogP contribution in [0, 0.1) is 0 Å². The molecular formula is C10H17N. The van der Waals surface area contributed by atoms with Crippen LogP contribution in [0.25, 0.3) is 0 Å². The lowest BCUT2D eigenvalue weighted by atomic mass is 10.1. The average Bonchev–Trinajstić information content (AvgIpc) is 2.50. The summed E-state index contributed by atoms with van der Waals surface area (Å²) in [6.45, 7) is 4.40. The molecule has 0 unspecified atom stereocenters. The van der Waals surface area contributed by atoms with Crippen LogP contribution in [0.3, 0.4) is 0 Å². The molecule has 0 aromatic rings. The first-order valence-corrected chi connectivity index (χ1v) is 4.48. The Kier molecular flexibility index (Phi) is 3.99. The monoisotopic (exact) mass is 151 g/mol. The first kappa shape index (κ1) is 8.54. The Morgan fingerprint density at radius 1 is 1.55 bits per heavy atom. The molecular weight excluding hydrogens is 134 g/mol. The van der Waals surface area contributed by atoms with Crippen molar-refractivity contribution in [1.82, 2.24) is 5.32 Å². The van der Waals surface area contributed by atoms with Crippen LogP contribution < -0.4 is 5.32 Å². The van der Waals surface area contributed by atoms with E-state index in [0.717, 1.165) is 13.1 Å². The molecule has 1 nitrogen and oxygen atoms in total. The summed E-state index contributed by atoms with van der Waals surface area (Å²) in [7, 11) is 0. The Labute approximate surface area is 69.2 Å². The van der Waals surface area contributed by atoms with E-state index in [4.69, 9.17) is 0 Å². The Bertz CT molecular complexity index is 156. The maximum atomic E-state index is 3.32. The molecule has 0 atom stereocenters. The zero-order valence-corrected chi connectivity index (χ0v) is 7.27. The molecule has 0 bridgehead atoms. The smallest absolute Gasteiger partial charge is 0.00460 e. The van der Waals surface area contributed by atoms with Crippen molar-refractivity contribution in [2.24, 2.45) is 0 Å². The van der Waals surface area contributed by atoms with Gasteiger partial charge in [0.2, 0.25) is 0 Å². The summed E-state index contributed by atoms with van der Waals surface area (Å²) in [5, 5.41) is 3.32. The van der Waals surface area contributed by atoms with Crippen molar-refractivity contribution in [2.45, 2.75) is 26.2 Å². The first-order valence-electron chi connectivity index (χ1n) is 4.48. The summed E-state index contributed by atoms with van der Waals surface area (Å²) < 4.78 is 0. The predicted octanol–water partition coefficient (Wildman–Crippen LogP) is 2.26. The van der Waals surface area contributed by atoms with E-state index in [1.165, 1.54) is 19.3 Å². The van der Waals surface area contributed by atoms with E-state index in [9.17, 15) is 0 Å². The lowest BCUT2D eigenvalue weighted by Gasteiger charge is -2.01. The molecule has 62 valence electrons. The minimum Gasteiger partial charge on any atom is -0.317 e. The van der Waals surface area contributed by atoms with Crippen molar-refractivity contribution in [3.05, 3.63) is 23.8 Å². The minimum atomic E-state index is 1.09. The molecule has 11 heavy (non-hydrogen) atoms. The Hall–Kier alpha value is -0.560. The van der Waals surface area contributed by atoms with Crippen LogP contribution >= 0.6 is 0 Å². The Morgan fingerprint density at radius 2 is 2.45 bits per heavy atom. The molecule has 0 saturated heterocycles. The van der Waals surface area contributed by atoms with Gasteiger partial charge < -0.3 is 5.32 Å². The molecule has 0 spiro atoms. The number of rotatable bonds is 5. The first-order chi connectivity index (χ1) is 5.43. The summed E-state index contributed by atoms with van der Waals surface area (Å²) in [4.78, 5) is 0. The second-order valence-electron chi connectivity index (χ2n) is 2.91. The van der Waals surface area contributed by atoms with E-state index in [1.54, 1.807) is 5.57 Å². The summed E-state index contributed by atoms with van der Waals surface area (Å²) in [6, 6.07) is 0. The lowest BCUT2D eigenvalue weighted by molar-refractivity contribution is 0.668. The lowest BCUT2D eigenvalue weighted by Crippen LogP contribution is -2.13. The van der Waals surface area contributed by atoms with Gasteiger partial charge in [-0.15, -0.1) is 0 Å². The Morgan fingerprint density at radius 3 is 3.09 bits per heavy atom. The highest BCUT2D eigenvalue weighted by molar-refractivity contribution is 5.22. The van der Waals surface area contributed by atoms with Gasteiger partial charge in [-0.3, -0.25) is 0 Å². The van der Waals surface area contributed by atoms with Crippen LogP contribution in [0.1, 0.15) is 26.2 Å². The van der Waals surface area contributed by atoms with E-state index in [1.807, 2.05) is 0 Å². The van der Waals surface area contributed by atoms with Crippen LogP contribution in [-0.4, -0.2) is 13.1 Å². The van der Waals surface area contributed by atoms with Gasteiger partial charge in [-0.1, -0.05) is 30.7 Å². The van der Waals surface area contributed by atoms with Crippen molar-refractivity contribution in [3.8, 4) is 0 Å². The van der Waals surface area contributed by atoms with Crippen LogP contribution in [0.5, 0.6) is 0 Å². The molecule has 1 aliphatic rings. The zero-order valence-electron chi connectivity index (χ0n) is 7.27. The summed E-state index contributed by atoms with van der Waals surface area (Å²) >= 11 is 0. The number of allylic oxidation sites excluding steroid dienone is 4. The van der Waals surface area contributed by atoms with Crippen molar-refractivity contribution in [2.75, 3.05) is 13.1 Å². The van der Waals surface area contributed by atoms with Gasteiger partial charge in [0.15, 0.2) is 0 Å². The summed E-state index contributed by atoms with van der Waals surface area (Å²) in [5.41, 5.74) is 1.59. The van der Waals surface area contributed by atoms with E-state index in [0.29, 0.717) is 0 Å². The van der Waals surface area contributed by atoms with Gasteiger partial charge in [-0.2, -0.15) is 0 Å². The van der Waals surface area contributed by atoms with Crippen molar-refractivity contribution in [1.29, 1.82) is 0 Å². The number of hydrogen-bond donors (Lipinski definition) is 1. The van der Waals surface area contributed by atoms with Crippen molar-refractivity contribution < 1.29 is 0 Å². The molecule has 1 N–H and O–H groups in total. The normalized spacial score (nSPS) is 15.5. The second kappa shape index (κ2) is 5.14. The summed E-state index contributed by atoms with van der Waals surface area (Å²) in [6.07, 6.45) is 10.4. The SMILES string of the molecule is CCNCCCC1=CC=CC1. The maximum Gasteiger partial charge on any atom is -0.00460 e. The van der Waals surface area contributed by atoms with Gasteiger partial charge in [0.05, 0.1) is 0 Å². The summed E-state index contributed by atoms with van der Waals surface area (Å²) in [5.74, 6) is 0. The molecule has 0 aliphatic heterocycles. The molecule has 0 fully saturated rings. The fraction of sp³-hybridized carbons (Fsp3) is 0.600. The third kappa shape index (κ3) is 3.38. The predicted molar refractivity (Wildman–Crippen MR) is 49.6 cm³/mol. The van der Waals surface area contributed by atoms with Crippen LogP contribution in [-0.2, 0) is 0 Å². The highest BCUT2D eigenvalue weighted by Gasteiger charge is 1.97. The van der Waals surface area contributed by atoms with Gasteiger partial charge in [-0.25, -0.2) is 0 Å². The molecule has 1 rings (SSSR count). The number of nitrogens with one attached hydrogen (secondary N) is 1.